The molecule has 9 nitrogen and oxygen atoms in total. The topological polar surface area (TPSA) is 101 Å². The van der Waals surface area contributed by atoms with Gasteiger partial charge in [-0.2, -0.15) is 0 Å². The molecule has 2 saturated heterocycles. The van der Waals surface area contributed by atoms with Crippen molar-refractivity contribution in [2.75, 3.05) is 54.9 Å². The maximum absolute atomic E-state index is 12.6. The third-order valence-electron chi connectivity index (χ3n) is 5.44. The zero-order valence-electron chi connectivity index (χ0n) is 18.1. The Bertz CT molecular complexity index is 893. The van der Waals surface area contributed by atoms with Gasteiger partial charge in [-0.15, -0.1) is 0 Å². The molecule has 2 aromatic rings. The molecule has 0 aliphatic carbocycles. The van der Waals surface area contributed by atoms with Gasteiger partial charge in [0.25, 0.3) is 0 Å². The predicted octanol–water partition coefficient (Wildman–Crippen LogP) is 2.70. The fourth-order valence-corrected chi connectivity index (χ4v) is 3.83. The van der Waals surface area contributed by atoms with Crippen LogP contribution in [0.2, 0.25) is 0 Å². The number of nitrogens with zero attached hydrogens (tertiary/aromatic N) is 3. The Morgan fingerprint density at radius 2 is 2.06 bits per heavy atom. The van der Waals surface area contributed by atoms with Crippen LogP contribution in [0.5, 0.6) is 5.75 Å². The van der Waals surface area contributed by atoms with E-state index in [-0.39, 0.29) is 6.10 Å². The van der Waals surface area contributed by atoms with Crippen molar-refractivity contribution in [1.82, 2.24) is 15.3 Å². The summed E-state index contributed by atoms with van der Waals surface area (Å²) in [6.07, 6.45) is 5.50. The highest BCUT2D eigenvalue weighted by atomic mass is 16.5. The summed E-state index contributed by atoms with van der Waals surface area (Å²) < 4.78 is 11.9. The maximum atomic E-state index is 12.6. The van der Waals surface area contributed by atoms with Gasteiger partial charge in [-0.05, 0) is 38.3 Å². The molecule has 0 unspecified atom stereocenters. The van der Waals surface area contributed by atoms with Crippen molar-refractivity contribution in [2.24, 2.45) is 0 Å². The molecule has 2 fully saturated rings. The minimum atomic E-state index is -0.396. The molecule has 2 aliphatic heterocycles. The van der Waals surface area contributed by atoms with Gasteiger partial charge in [0.1, 0.15) is 18.5 Å². The second-order valence-corrected chi connectivity index (χ2v) is 7.96. The number of benzene rings is 1. The van der Waals surface area contributed by atoms with Gasteiger partial charge in [0, 0.05) is 37.9 Å². The van der Waals surface area contributed by atoms with Crippen LogP contribution in [0.4, 0.5) is 22.0 Å². The highest BCUT2D eigenvalue weighted by Crippen LogP contribution is 2.35. The monoisotopic (exact) mass is 426 g/mol. The van der Waals surface area contributed by atoms with Crippen LogP contribution in [-0.2, 0) is 4.74 Å². The number of aromatic nitrogens is 2. The smallest absolute Gasteiger partial charge is 0.324 e. The molecule has 4 rings (SSSR count). The Balaban J connectivity index is 1.51. The van der Waals surface area contributed by atoms with Gasteiger partial charge >= 0.3 is 6.03 Å². The van der Waals surface area contributed by atoms with Crippen molar-refractivity contribution in [1.29, 1.82) is 0 Å². The van der Waals surface area contributed by atoms with E-state index in [1.165, 1.54) is 19.0 Å². The Morgan fingerprint density at radius 1 is 1.23 bits per heavy atom. The Kier molecular flexibility index (Phi) is 6.83. The molecule has 1 aromatic heterocycles. The lowest BCUT2D eigenvalue weighted by Crippen LogP contribution is -2.41. The Labute approximate surface area is 182 Å². The van der Waals surface area contributed by atoms with E-state index in [0.717, 1.165) is 43.1 Å². The number of anilines is 3. The van der Waals surface area contributed by atoms with E-state index in [0.29, 0.717) is 30.5 Å². The molecule has 0 saturated carbocycles. The molecule has 0 radical (unpaired) electrons. The molecule has 0 spiro atoms. The standard InChI is InChI=1S/C22H30N6O3/c1-15-9-18(26-22(29)27-21-13-24-16(2)11-25-21)20(10-19(15)28-6-3-4-7-28)31-14-17-12-23-5-8-30-17/h9-11,13,17,23H,3-8,12,14H2,1-2H3,(H2,25,26,27,29)/t17-/m0/s1. The largest absolute Gasteiger partial charge is 0.489 e. The van der Waals surface area contributed by atoms with Gasteiger partial charge in [-0.25, -0.2) is 9.78 Å². The van der Waals surface area contributed by atoms with Gasteiger partial charge in [0.15, 0.2) is 5.82 Å². The zero-order chi connectivity index (χ0) is 21.6. The van der Waals surface area contributed by atoms with Gasteiger partial charge < -0.3 is 25.0 Å². The number of aryl methyl sites for hydroxylation is 2. The summed E-state index contributed by atoms with van der Waals surface area (Å²) in [5.74, 6) is 1.02. The average molecular weight is 427 g/mol. The Morgan fingerprint density at radius 3 is 2.77 bits per heavy atom. The zero-order valence-corrected chi connectivity index (χ0v) is 18.1. The summed E-state index contributed by atoms with van der Waals surface area (Å²) in [7, 11) is 0. The second-order valence-electron chi connectivity index (χ2n) is 7.96. The van der Waals surface area contributed by atoms with Gasteiger partial charge in [0.2, 0.25) is 0 Å². The van der Waals surface area contributed by atoms with E-state index in [2.05, 4.69) is 37.7 Å². The number of rotatable bonds is 6. The SMILES string of the molecule is Cc1cnc(NC(=O)Nc2cc(C)c(N3CCCC3)cc2OC[C@@H]2CNCCO2)cn1. The summed E-state index contributed by atoms with van der Waals surface area (Å²) in [5.41, 5.74) is 3.64. The fraction of sp³-hybridized carbons (Fsp3) is 0.500. The lowest BCUT2D eigenvalue weighted by molar-refractivity contribution is 0.000356. The van der Waals surface area contributed by atoms with Crippen LogP contribution in [0.1, 0.15) is 24.1 Å². The van der Waals surface area contributed by atoms with E-state index in [4.69, 9.17) is 9.47 Å². The summed E-state index contributed by atoms with van der Waals surface area (Å²) in [4.78, 5) is 23.3. The molecule has 9 heteroatoms. The molecular formula is C22H30N6O3. The normalized spacial score (nSPS) is 18.6. The van der Waals surface area contributed by atoms with Crippen molar-refractivity contribution in [3.05, 3.63) is 35.8 Å². The second kappa shape index (κ2) is 9.93. The average Bonchev–Trinajstić information content (AvgIpc) is 3.30. The molecule has 31 heavy (non-hydrogen) atoms. The molecule has 1 atom stereocenters. The van der Waals surface area contributed by atoms with E-state index >= 15 is 0 Å². The van der Waals surface area contributed by atoms with E-state index < -0.39 is 6.03 Å². The first-order valence-corrected chi connectivity index (χ1v) is 10.8. The minimum absolute atomic E-state index is 0.0187. The molecule has 1 aromatic carbocycles. The summed E-state index contributed by atoms with van der Waals surface area (Å²) in [6.45, 7) is 8.66. The van der Waals surface area contributed by atoms with Crippen molar-refractivity contribution in [2.45, 2.75) is 32.8 Å². The molecule has 3 heterocycles. The van der Waals surface area contributed by atoms with Crippen LogP contribution in [0.15, 0.2) is 24.5 Å². The lowest BCUT2D eigenvalue weighted by Gasteiger charge is -2.26. The number of nitrogens with one attached hydrogen (secondary N) is 3. The van der Waals surface area contributed by atoms with Crippen molar-refractivity contribution < 1.29 is 14.3 Å². The quantitative estimate of drug-likeness (QED) is 0.653. The van der Waals surface area contributed by atoms with Gasteiger partial charge in [0.05, 0.1) is 30.4 Å². The number of ether oxygens (including phenoxy) is 2. The molecule has 0 bridgehead atoms. The number of carbonyl (C=O) groups is 1. The number of urea groups is 1. The number of morpholine rings is 1. The number of amides is 2. The van der Waals surface area contributed by atoms with Crippen LogP contribution >= 0.6 is 0 Å². The number of hydrogen-bond donors (Lipinski definition) is 3. The molecule has 3 N–H and O–H groups in total. The van der Waals surface area contributed by atoms with Crippen molar-refractivity contribution in [3.8, 4) is 5.75 Å². The van der Waals surface area contributed by atoms with E-state index in [1.54, 1.807) is 6.20 Å². The van der Waals surface area contributed by atoms with E-state index in [9.17, 15) is 4.79 Å². The third-order valence-corrected chi connectivity index (χ3v) is 5.44. The summed E-state index contributed by atoms with van der Waals surface area (Å²) in [5, 5.41) is 8.93. The Hall–Kier alpha value is -2.91. The highest BCUT2D eigenvalue weighted by molar-refractivity contribution is 6.00. The van der Waals surface area contributed by atoms with Gasteiger partial charge in [-0.3, -0.25) is 10.3 Å². The van der Waals surface area contributed by atoms with Gasteiger partial charge in [-0.1, -0.05) is 0 Å². The van der Waals surface area contributed by atoms with Crippen LogP contribution < -0.4 is 25.6 Å². The molecule has 166 valence electrons. The third kappa shape index (κ3) is 5.62. The van der Waals surface area contributed by atoms with Crippen LogP contribution in [0, 0.1) is 13.8 Å². The lowest BCUT2D eigenvalue weighted by atomic mass is 10.1. The fourth-order valence-electron chi connectivity index (χ4n) is 3.83. The number of hydrogen-bond acceptors (Lipinski definition) is 7. The number of carbonyl (C=O) groups excluding carboxylic acids is 1. The summed E-state index contributed by atoms with van der Waals surface area (Å²) in [6, 6.07) is 3.59. The minimum Gasteiger partial charge on any atom is -0.489 e. The van der Waals surface area contributed by atoms with Crippen molar-refractivity contribution in [3.63, 3.8) is 0 Å². The predicted molar refractivity (Wildman–Crippen MR) is 120 cm³/mol. The first-order valence-electron chi connectivity index (χ1n) is 10.8. The van der Waals surface area contributed by atoms with Crippen molar-refractivity contribution >= 4 is 23.2 Å². The molecule has 2 amide bonds. The first-order chi connectivity index (χ1) is 15.1. The highest BCUT2D eigenvalue weighted by Gasteiger charge is 2.20. The molecule has 2 aliphatic rings. The van der Waals surface area contributed by atoms with Crippen LogP contribution in [0.3, 0.4) is 0 Å². The molecular weight excluding hydrogens is 396 g/mol. The van der Waals surface area contributed by atoms with Crippen LogP contribution in [0.25, 0.3) is 0 Å². The first kappa shape index (κ1) is 21.3. The van der Waals surface area contributed by atoms with E-state index in [1.807, 2.05) is 19.1 Å². The van der Waals surface area contributed by atoms with Crippen LogP contribution in [-0.4, -0.2) is 61.5 Å². The summed E-state index contributed by atoms with van der Waals surface area (Å²) >= 11 is 0. The maximum Gasteiger partial charge on any atom is 0.324 e.